The highest BCUT2D eigenvalue weighted by Crippen LogP contribution is 2.41. The number of halogens is 1. The molecule has 0 atom stereocenters. The Morgan fingerprint density at radius 2 is 2.29 bits per heavy atom. The standard InChI is InChI=1S/C10H7ClOS2/c1-13-9-7-4-2-3-6(5-12)8(7)14-10(9)11/h2-5H,1H3. The van der Waals surface area contributed by atoms with Crippen molar-refractivity contribution in [1.29, 1.82) is 0 Å². The van der Waals surface area contributed by atoms with Gasteiger partial charge in [-0.25, -0.2) is 0 Å². The number of thiophene rings is 1. The molecule has 0 amide bonds. The van der Waals surface area contributed by atoms with Crippen LogP contribution >= 0.6 is 34.7 Å². The van der Waals surface area contributed by atoms with Crippen LogP contribution in [0.5, 0.6) is 0 Å². The zero-order valence-electron chi connectivity index (χ0n) is 7.41. The minimum absolute atomic E-state index is 0.717. The van der Waals surface area contributed by atoms with E-state index in [0.29, 0.717) is 0 Å². The number of fused-ring (bicyclic) bond motifs is 1. The lowest BCUT2D eigenvalue weighted by Gasteiger charge is -1.95. The van der Waals surface area contributed by atoms with Crippen LogP contribution in [-0.2, 0) is 0 Å². The minimum Gasteiger partial charge on any atom is -0.298 e. The minimum atomic E-state index is 0.717. The van der Waals surface area contributed by atoms with Crippen molar-refractivity contribution < 1.29 is 4.79 Å². The van der Waals surface area contributed by atoms with Gasteiger partial charge in [0.15, 0.2) is 6.29 Å². The lowest BCUT2D eigenvalue weighted by molar-refractivity contribution is 0.112. The summed E-state index contributed by atoms with van der Waals surface area (Å²) in [5.41, 5.74) is 0.717. The van der Waals surface area contributed by atoms with Gasteiger partial charge >= 0.3 is 0 Å². The summed E-state index contributed by atoms with van der Waals surface area (Å²) in [6, 6.07) is 5.69. The van der Waals surface area contributed by atoms with Crippen molar-refractivity contribution >= 4 is 51.1 Å². The summed E-state index contributed by atoms with van der Waals surface area (Å²) < 4.78 is 1.75. The Morgan fingerprint density at radius 3 is 2.93 bits per heavy atom. The SMILES string of the molecule is CSc1c(Cl)sc2c(C=O)cccc12. The number of hydrogen-bond donors (Lipinski definition) is 0. The third-order valence-electron chi connectivity index (χ3n) is 1.99. The third-order valence-corrected chi connectivity index (χ3v) is 4.53. The van der Waals surface area contributed by atoms with Crippen LogP contribution in [0, 0.1) is 0 Å². The Balaban J connectivity index is 2.85. The van der Waals surface area contributed by atoms with Crippen molar-refractivity contribution in [3.63, 3.8) is 0 Å². The average molecular weight is 243 g/mol. The Hall–Kier alpha value is -0.510. The van der Waals surface area contributed by atoms with E-state index in [-0.39, 0.29) is 0 Å². The fourth-order valence-corrected chi connectivity index (χ4v) is 3.82. The van der Waals surface area contributed by atoms with Gasteiger partial charge in [-0.15, -0.1) is 23.1 Å². The molecule has 72 valence electrons. The van der Waals surface area contributed by atoms with Crippen molar-refractivity contribution in [2.75, 3.05) is 6.26 Å². The van der Waals surface area contributed by atoms with E-state index in [1.54, 1.807) is 11.8 Å². The third kappa shape index (κ3) is 1.45. The quantitative estimate of drug-likeness (QED) is 0.583. The molecule has 0 aliphatic heterocycles. The highest BCUT2D eigenvalue weighted by Gasteiger charge is 2.11. The van der Waals surface area contributed by atoms with Gasteiger partial charge in [-0.3, -0.25) is 4.79 Å². The highest BCUT2D eigenvalue weighted by molar-refractivity contribution is 7.99. The molecule has 0 unspecified atom stereocenters. The molecule has 1 nitrogen and oxygen atoms in total. The van der Waals surface area contributed by atoms with Crippen LogP contribution in [0.1, 0.15) is 10.4 Å². The molecular weight excluding hydrogens is 236 g/mol. The Bertz CT molecular complexity index is 490. The fourth-order valence-electron chi connectivity index (χ4n) is 1.37. The van der Waals surface area contributed by atoms with E-state index in [9.17, 15) is 4.79 Å². The Kier molecular flexibility index (Phi) is 2.81. The smallest absolute Gasteiger partial charge is 0.151 e. The maximum Gasteiger partial charge on any atom is 0.151 e. The van der Waals surface area contributed by atoms with E-state index in [1.165, 1.54) is 11.3 Å². The molecule has 1 aromatic heterocycles. The molecule has 0 spiro atoms. The van der Waals surface area contributed by atoms with Gasteiger partial charge < -0.3 is 0 Å². The number of rotatable bonds is 2. The summed E-state index contributed by atoms with van der Waals surface area (Å²) in [6.07, 6.45) is 2.86. The zero-order valence-corrected chi connectivity index (χ0v) is 9.80. The Labute approximate surface area is 95.1 Å². The predicted octanol–water partition coefficient (Wildman–Crippen LogP) is 4.09. The van der Waals surface area contributed by atoms with E-state index in [2.05, 4.69) is 0 Å². The number of hydrogen-bond acceptors (Lipinski definition) is 3. The monoisotopic (exact) mass is 242 g/mol. The van der Waals surface area contributed by atoms with Gasteiger partial charge in [0.1, 0.15) is 4.34 Å². The average Bonchev–Trinajstić information content (AvgIpc) is 2.52. The van der Waals surface area contributed by atoms with E-state index in [4.69, 9.17) is 11.6 Å². The maximum atomic E-state index is 10.8. The molecule has 0 N–H and O–H groups in total. The summed E-state index contributed by atoms with van der Waals surface area (Å²) in [7, 11) is 0. The molecule has 0 bridgehead atoms. The van der Waals surface area contributed by atoms with E-state index < -0.39 is 0 Å². The van der Waals surface area contributed by atoms with Gasteiger partial charge in [0, 0.05) is 20.5 Å². The van der Waals surface area contributed by atoms with Crippen molar-refractivity contribution in [3.05, 3.63) is 28.1 Å². The molecule has 0 saturated carbocycles. The first kappa shape index (κ1) is 10.0. The molecule has 4 heteroatoms. The first-order valence-corrected chi connectivity index (χ1v) is 6.40. The summed E-state index contributed by atoms with van der Waals surface area (Å²) >= 11 is 9.16. The number of aldehydes is 1. The molecule has 0 saturated heterocycles. The number of carbonyl (C=O) groups is 1. The molecule has 0 radical (unpaired) electrons. The maximum absolute atomic E-state index is 10.8. The van der Waals surface area contributed by atoms with Crippen molar-refractivity contribution in [2.45, 2.75) is 4.90 Å². The van der Waals surface area contributed by atoms with E-state index in [0.717, 1.165) is 31.2 Å². The van der Waals surface area contributed by atoms with E-state index >= 15 is 0 Å². The largest absolute Gasteiger partial charge is 0.298 e. The second kappa shape index (κ2) is 3.93. The predicted molar refractivity (Wildman–Crippen MR) is 64.0 cm³/mol. The van der Waals surface area contributed by atoms with Gasteiger partial charge in [-0.05, 0) is 6.26 Å². The zero-order chi connectivity index (χ0) is 10.1. The lowest BCUT2D eigenvalue weighted by atomic mass is 10.2. The van der Waals surface area contributed by atoms with Crippen LogP contribution in [0.3, 0.4) is 0 Å². The van der Waals surface area contributed by atoms with Gasteiger partial charge in [0.2, 0.25) is 0 Å². The molecule has 0 aliphatic rings. The second-order valence-corrected chi connectivity index (χ2v) is 5.19. The number of benzene rings is 1. The molecule has 2 aromatic rings. The summed E-state index contributed by atoms with van der Waals surface area (Å²) in [6.45, 7) is 0. The lowest BCUT2D eigenvalue weighted by Crippen LogP contribution is -1.77. The van der Waals surface area contributed by atoms with Crippen LogP contribution in [0.2, 0.25) is 4.34 Å². The van der Waals surface area contributed by atoms with Gasteiger partial charge in [-0.2, -0.15) is 0 Å². The normalized spacial score (nSPS) is 10.7. The second-order valence-electron chi connectivity index (χ2n) is 2.75. The topological polar surface area (TPSA) is 17.1 Å². The van der Waals surface area contributed by atoms with Crippen molar-refractivity contribution in [2.24, 2.45) is 0 Å². The Morgan fingerprint density at radius 1 is 1.50 bits per heavy atom. The first-order valence-electron chi connectivity index (χ1n) is 3.98. The molecule has 1 aromatic carbocycles. The van der Waals surface area contributed by atoms with Crippen molar-refractivity contribution in [3.8, 4) is 0 Å². The van der Waals surface area contributed by atoms with Gasteiger partial charge in [-0.1, -0.05) is 29.8 Å². The molecule has 14 heavy (non-hydrogen) atoms. The van der Waals surface area contributed by atoms with Crippen LogP contribution < -0.4 is 0 Å². The number of carbonyl (C=O) groups excluding carboxylic acids is 1. The van der Waals surface area contributed by atoms with Crippen LogP contribution in [0.15, 0.2) is 23.1 Å². The van der Waals surface area contributed by atoms with Crippen LogP contribution in [0.4, 0.5) is 0 Å². The molecule has 1 heterocycles. The molecule has 0 fully saturated rings. The summed E-state index contributed by atoms with van der Waals surface area (Å²) in [4.78, 5) is 11.9. The first-order chi connectivity index (χ1) is 6.77. The molecule has 2 rings (SSSR count). The van der Waals surface area contributed by atoms with Gasteiger partial charge in [0.05, 0.1) is 0 Å². The van der Waals surface area contributed by atoms with E-state index in [1.807, 2.05) is 24.5 Å². The van der Waals surface area contributed by atoms with Crippen molar-refractivity contribution in [1.82, 2.24) is 0 Å². The highest BCUT2D eigenvalue weighted by atomic mass is 35.5. The molecular formula is C10H7ClOS2. The summed E-state index contributed by atoms with van der Waals surface area (Å²) in [5, 5.41) is 1.08. The van der Waals surface area contributed by atoms with Crippen LogP contribution in [0.25, 0.3) is 10.1 Å². The summed E-state index contributed by atoms with van der Waals surface area (Å²) in [5.74, 6) is 0. The number of thioether (sulfide) groups is 1. The fraction of sp³-hybridized carbons (Fsp3) is 0.100. The van der Waals surface area contributed by atoms with Gasteiger partial charge in [0.25, 0.3) is 0 Å². The van der Waals surface area contributed by atoms with Crippen LogP contribution in [-0.4, -0.2) is 12.5 Å². The molecule has 0 aliphatic carbocycles.